The second-order valence-electron chi connectivity index (χ2n) is 24.6. The van der Waals surface area contributed by atoms with E-state index >= 15 is 0 Å². The van der Waals surface area contributed by atoms with E-state index in [9.17, 15) is 14.4 Å². The zero-order valence-electron chi connectivity index (χ0n) is 59.0. The van der Waals surface area contributed by atoms with Gasteiger partial charge in [-0.1, -0.05) is 157 Å². The number of hydrogen-bond donors (Lipinski definition) is 0. The largest absolute Gasteiger partial charge is 0.497 e. The van der Waals surface area contributed by atoms with Gasteiger partial charge < -0.3 is 57.3 Å². The maximum absolute atomic E-state index is 12.3. The average molecular weight is 1300 g/mol. The van der Waals surface area contributed by atoms with Gasteiger partial charge in [-0.3, -0.25) is 14.4 Å². The first-order valence-electron chi connectivity index (χ1n) is 34.1. The van der Waals surface area contributed by atoms with E-state index in [1.807, 2.05) is 148 Å². The zero-order valence-corrected chi connectivity index (χ0v) is 59.0. The summed E-state index contributed by atoms with van der Waals surface area (Å²) in [6, 6.07) is 48.7. The third-order valence-electron chi connectivity index (χ3n) is 15.5. The van der Waals surface area contributed by atoms with Gasteiger partial charge >= 0.3 is 17.9 Å². The molecule has 94 heavy (non-hydrogen) atoms. The summed E-state index contributed by atoms with van der Waals surface area (Å²) in [5.41, 5.74) is 7.21. The first kappa shape index (κ1) is 78.9. The topological polar surface area (TPSA) is 144 Å². The average Bonchev–Trinajstić information content (AvgIpc) is 2.31. The van der Waals surface area contributed by atoms with Gasteiger partial charge in [0.05, 0.1) is 21.3 Å². The van der Waals surface area contributed by atoms with Crippen molar-refractivity contribution >= 4 is 17.9 Å². The van der Waals surface area contributed by atoms with Crippen molar-refractivity contribution in [3.8, 4) is 34.5 Å². The lowest BCUT2D eigenvalue weighted by molar-refractivity contribution is -0.152. The Kier molecular flexibility index (Phi) is 39.7. The van der Waals surface area contributed by atoms with Crippen molar-refractivity contribution in [3.63, 3.8) is 0 Å². The van der Waals surface area contributed by atoms with Crippen molar-refractivity contribution in [3.05, 3.63) is 179 Å². The molecule has 0 aliphatic heterocycles. The molecule has 3 atom stereocenters. The second kappa shape index (κ2) is 47.3. The molecule has 6 aromatic carbocycles. The lowest BCUT2D eigenvalue weighted by atomic mass is 10.0. The van der Waals surface area contributed by atoms with E-state index in [0.29, 0.717) is 58.7 Å². The lowest BCUT2D eigenvalue weighted by Crippen LogP contribution is -2.35. The van der Waals surface area contributed by atoms with Crippen LogP contribution in [0, 0.1) is 0 Å². The van der Waals surface area contributed by atoms with Crippen molar-refractivity contribution in [2.45, 2.75) is 161 Å². The molecule has 0 aliphatic carbocycles. The van der Waals surface area contributed by atoms with Crippen LogP contribution in [0.1, 0.15) is 138 Å². The molecule has 0 fully saturated rings. The first-order valence-corrected chi connectivity index (χ1v) is 34.1. The zero-order chi connectivity index (χ0) is 68.1. The first-order chi connectivity index (χ1) is 45.5. The molecule has 6 rings (SSSR count). The normalized spacial score (nSPS) is 11.9. The number of unbranched alkanes of at least 4 members (excludes halogenated alkanes) is 7. The number of nitrogens with zero attached hydrogens (tertiary/aromatic N) is 3. The van der Waals surface area contributed by atoms with Crippen LogP contribution in [0.5, 0.6) is 34.5 Å². The van der Waals surface area contributed by atoms with Crippen molar-refractivity contribution in [1.82, 2.24) is 14.7 Å². The van der Waals surface area contributed by atoms with E-state index in [2.05, 4.69) is 75.4 Å². The minimum absolute atomic E-state index is 0.135. The van der Waals surface area contributed by atoms with Gasteiger partial charge in [0.25, 0.3) is 0 Å². The Balaban J connectivity index is 0.000000300. The summed E-state index contributed by atoms with van der Waals surface area (Å²) >= 11 is 0. The highest BCUT2D eigenvalue weighted by atomic mass is 16.6. The number of rotatable bonds is 43. The number of hydrogen-bond acceptors (Lipinski definition) is 15. The maximum Gasteiger partial charge on any atom is 0.306 e. The number of carbonyl (C=O) groups is 3. The summed E-state index contributed by atoms with van der Waals surface area (Å²) in [5, 5.41) is 0. The maximum atomic E-state index is 12.3. The number of likely N-dealkylation sites (N-methyl/N-ethyl adjacent to an activating group) is 3. The Morgan fingerprint density at radius 1 is 0.330 bits per heavy atom. The Hall–Kier alpha value is -7.59. The predicted octanol–water partition coefficient (Wildman–Crippen LogP) is 15.1. The summed E-state index contributed by atoms with van der Waals surface area (Å²) in [6.45, 7) is 9.35. The summed E-state index contributed by atoms with van der Waals surface area (Å²) in [7, 11) is 16.9. The molecule has 15 heteroatoms. The smallest absolute Gasteiger partial charge is 0.306 e. The summed E-state index contributed by atoms with van der Waals surface area (Å²) in [6.07, 6.45) is 16.2. The molecule has 0 aliphatic rings. The summed E-state index contributed by atoms with van der Waals surface area (Å²) < 4.78 is 51.2. The minimum Gasteiger partial charge on any atom is -0.497 e. The van der Waals surface area contributed by atoms with E-state index in [1.165, 1.54) is 16.7 Å². The van der Waals surface area contributed by atoms with Gasteiger partial charge in [-0.05, 0) is 188 Å². The molecular formula is C79H113N3O12. The molecule has 0 N–H and O–H groups in total. The van der Waals surface area contributed by atoms with Crippen molar-refractivity contribution < 1.29 is 57.0 Å². The number of methoxy groups -OCH3 is 3. The molecule has 0 bridgehead atoms. The highest BCUT2D eigenvalue weighted by molar-refractivity contribution is 5.70. The fourth-order valence-corrected chi connectivity index (χ4v) is 10.4. The van der Waals surface area contributed by atoms with Crippen LogP contribution in [0.4, 0.5) is 0 Å². The summed E-state index contributed by atoms with van der Waals surface area (Å²) in [5.74, 6) is 4.72. The van der Waals surface area contributed by atoms with Crippen LogP contribution in [-0.2, 0) is 67.1 Å². The second-order valence-corrected chi connectivity index (χ2v) is 24.6. The molecule has 15 nitrogen and oxygen atoms in total. The van der Waals surface area contributed by atoms with Crippen LogP contribution in [0.25, 0.3) is 0 Å². The number of esters is 3. The molecule has 0 heterocycles. The Morgan fingerprint density at radius 2 is 0.585 bits per heavy atom. The highest BCUT2D eigenvalue weighted by Gasteiger charge is 2.21. The monoisotopic (exact) mass is 1300 g/mol. The van der Waals surface area contributed by atoms with Crippen LogP contribution < -0.4 is 28.4 Å². The molecule has 0 radical (unpaired) electrons. The molecule has 0 saturated heterocycles. The van der Waals surface area contributed by atoms with Gasteiger partial charge in [0.1, 0.15) is 72.6 Å². The molecule has 0 aromatic heterocycles. The quantitative estimate of drug-likeness (QED) is 0.0203. The van der Waals surface area contributed by atoms with E-state index in [4.69, 9.17) is 42.6 Å². The van der Waals surface area contributed by atoms with Gasteiger partial charge in [0, 0.05) is 38.9 Å². The van der Waals surface area contributed by atoms with Crippen molar-refractivity contribution in [2.75, 3.05) is 103 Å². The van der Waals surface area contributed by atoms with Crippen LogP contribution in [-0.4, -0.2) is 154 Å². The van der Waals surface area contributed by atoms with E-state index in [1.54, 1.807) is 21.3 Å². The number of aryl methyl sites for hydroxylation is 6. The standard InChI is InChI=1S/C27H39NO4.2C26H37NO4/c1-5-6-7-8-13-27(29)32-25(20-28(2)3)21-31-26-12-10-9-11-23(26)17-14-22-15-18-24(30-4)19-16-22;2*1-5-6-7-12-26(28)31-24(19-27(2)3)20-30-25-11-9-8-10-22(25)16-13-21-14-17-23(29-4)18-15-21/h9-12,15-16,18-19,25H,5-8,13-14,17,20-21H2,1-4H3;2*8-11,14-15,17-18,24H,5-7,12-13,16,19-20H2,1-4H3/t;2*24-/m.10/s1. The molecule has 0 spiro atoms. The van der Waals surface area contributed by atoms with Gasteiger partial charge in [-0.2, -0.15) is 0 Å². The predicted molar refractivity (Wildman–Crippen MR) is 379 cm³/mol. The minimum atomic E-state index is -0.293. The molecule has 1 unspecified atom stereocenters. The van der Waals surface area contributed by atoms with E-state index in [0.717, 1.165) is 154 Å². The third-order valence-corrected chi connectivity index (χ3v) is 15.5. The van der Waals surface area contributed by atoms with Crippen LogP contribution in [0.3, 0.4) is 0 Å². The number of benzene rings is 6. The van der Waals surface area contributed by atoms with Gasteiger partial charge in [0.15, 0.2) is 0 Å². The highest BCUT2D eigenvalue weighted by Crippen LogP contribution is 2.26. The summed E-state index contributed by atoms with van der Waals surface area (Å²) in [4.78, 5) is 42.7. The van der Waals surface area contributed by atoms with Gasteiger partial charge in [-0.25, -0.2) is 0 Å². The fraction of sp³-hybridized carbons (Fsp3) is 0.506. The van der Waals surface area contributed by atoms with Crippen LogP contribution >= 0.6 is 0 Å². The fourth-order valence-electron chi connectivity index (χ4n) is 10.4. The molecular weight excluding hydrogens is 1180 g/mol. The molecule has 0 amide bonds. The van der Waals surface area contributed by atoms with Crippen LogP contribution in [0.15, 0.2) is 146 Å². The number of para-hydroxylation sites is 3. The molecule has 0 saturated carbocycles. The van der Waals surface area contributed by atoms with Crippen molar-refractivity contribution in [2.24, 2.45) is 0 Å². The third kappa shape index (κ3) is 34.0. The Labute approximate surface area is 564 Å². The molecule has 516 valence electrons. The van der Waals surface area contributed by atoms with Gasteiger partial charge in [-0.15, -0.1) is 0 Å². The Morgan fingerprint density at radius 3 is 0.840 bits per heavy atom. The van der Waals surface area contributed by atoms with Crippen molar-refractivity contribution in [1.29, 1.82) is 0 Å². The van der Waals surface area contributed by atoms with Crippen LogP contribution in [0.2, 0.25) is 0 Å². The lowest BCUT2D eigenvalue weighted by Gasteiger charge is -2.22. The van der Waals surface area contributed by atoms with E-state index < -0.39 is 0 Å². The van der Waals surface area contributed by atoms with E-state index in [-0.39, 0.29) is 36.2 Å². The van der Waals surface area contributed by atoms with Gasteiger partial charge in [0.2, 0.25) is 0 Å². The Bertz CT molecular complexity index is 2840. The number of ether oxygens (including phenoxy) is 9. The molecule has 6 aromatic rings. The number of carbonyl (C=O) groups excluding carboxylic acids is 3. The SMILES string of the molecule is CCCCCC(=O)O[C@@H](COc1ccccc1CCc1ccc(OC)cc1)CN(C)C.CCCCCC(=O)O[C@H](COc1ccccc1CCc1ccc(OC)cc1)CN(C)C.CCCCCCC(=O)OC(COc1ccccc1CCc1ccc(OC)cc1)CN(C)C.